The molecule has 0 aromatic rings. The molecule has 2 rings (SSSR count). The molecular weight excluding hydrogens is 160 g/mol. The van der Waals surface area contributed by atoms with Crippen LogP contribution in [0.25, 0.3) is 0 Å². The van der Waals surface area contributed by atoms with Crippen molar-refractivity contribution in [2.24, 2.45) is 11.3 Å². The molecule has 0 heterocycles. The van der Waals surface area contributed by atoms with Gasteiger partial charge in [-0.1, -0.05) is 19.8 Å². The van der Waals surface area contributed by atoms with Crippen molar-refractivity contribution in [3.8, 4) is 0 Å². The monoisotopic (exact) mass is 180 g/mol. The average molecular weight is 180 g/mol. The van der Waals surface area contributed by atoms with Crippen molar-refractivity contribution >= 4 is 5.78 Å². The van der Waals surface area contributed by atoms with Crippen molar-refractivity contribution < 1.29 is 4.79 Å². The van der Waals surface area contributed by atoms with Crippen molar-refractivity contribution in [3.05, 3.63) is 0 Å². The first-order valence-corrected chi connectivity index (χ1v) is 5.76. The highest BCUT2D eigenvalue weighted by Gasteiger charge is 2.46. The predicted octanol–water partition coefficient (Wildman–Crippen LogP) is 3.33. The summed E-state index contributed by atoms with van der Waals surface area (Å²) < 4.78 is 0. The molecule has 0 aromatic heterocycles. The first-order chi connectivity index (χ1) is 6.24. The molecule has 0 spiro atoms. The lowest BCUT2D eigenvalue weighted by molar-refractivity contribution is -0.120. The molecule has 0 bridgehead atoms. The van der Waals surface area contributed by atoms with Gasteiger partial charge in [0.05, 0.1) is 0 Å². The Bertz CT molecular complexity index is 199. The summed E-state index contributed by atoms with van der Waals surface area (Å²) in [5.74, 6) is 1.51. The molecule has 0 radical (unpaired) electrons. The first-order valence-electron chi connectivity index (χ1n) is 5.76. The molecule has 2 fully saturated rings. The number of hydrogen-bond donors (Lipinski definition) is 0. The number of ketones is 1. The fourth-order valence-electron chi connectivity index (χ4n) is 2.35. The van der Waals surface area contributed by atoms with E-state index in [0.717, 1.165) is 25.2 Å². The fraction of sp³-hybridized carbons (Fsp3) is 0.917. The second-order valence-electron chi connectivity index (χ2n) is 5.11. The van der Waals surface area contributed by atoms with Crippen LogP contribution in [0.4, 0.5) is 0 Å². The van der Waals surface area contributed by atoms with Crippen molar-refractivity contribution in [1.82, 2.24) is 0 Å². The van der Waals surface area contributed by atoms with Crippen LogP contribution in [0.1, 0.15) is 58.3 Å². The van der Waals surface area contributed by atoms with E-state index in [1.54, 1.807) is 0 Å². The largest absolute Gasteiger partial charge is 0.300 e. The molecule has 0 saturated heterocycles. The molecule has 0 N–H and O–H groups in total. The Labute approximate surface area is 80.9 Å². The van der Waals surface area contributed by atoms with Crippen LogP contribution in [0.15, 0.2) is 0 Å². The highest BCUT2D eigenvalue weighted by Crippen LogP contribution is 2.57. The number of hydrogen-bond acceptors (Lipinski definition) is 1. The lowest BCUT2D eigenvalue weighted by atomic mass is 9.92. The minimum atomic E-state index is 0.507. The third-order valence-corrected chi connectivity index (χ3v) is 3.48. The van der Waals surface area contributed by atoms with Crippen LogP contribution in [0.5, 0.6) is 0 Å². The van der Waals surface area contributed by atoms with Gasteiger partial charge in [0.2, 0.25) is 0 Å². The van der Waals surface area contributed by atoms with Crippen molar-refractivity contribution in [3.63, 3.8) is 0 Å². The number of carbonyl (C=O) groups is 1. The van der Waals surface area contributed by atoms with Crippen molar-refractivity contribution in [2.75, 3.05) is 0 Å². The number of carbonyl (C=O) groups excluding carboxylic acids is 1. The lowest BCUT2D eigenvalue weighted by Gasteiger charge is -2.12. The van der Waals surface area contributed by atoms with Gasteiger partial charge in [0.1, 0.15) is 5.78 Å². The lowest BCUT2D eigenvalue weighted by Crippen LogP contribution is -2.09. The molecule has 0 atom stereocenters. The smallest absolute Gasteiger partial charge is 0.133 e. The number of rotatable bonds is 6. The van der Waals surface area contributed by atoms with Gasteiger partial charge < -0.3 is 0 Å². The average Bonchev–Trinajstić information content (AvgIpc) is 2.92. The molecule has 0 unspecified atom stereocenters. The minimum Gasteiger partial charge on any atom is -0.300 e. The third kappa shape index (κ3) is 2.55. The maximum absolute atomic E-state index is 11.5. The van der Waals surface area contributed by atoms with E-state index < -0.39 is 0 Å². The van der Waals surface area contributed by atoms with Gasteiger partial charge in [-0.15, -0.1) is 0 Å². The molecule has 2 aliphatic carbocycles. The SMILES string of the molecule is CCCC(=O)CC1(CC2CC2)CC1. The molecule has 74 valence electrons. The zero-order chi connectivity index (χ0) is 9.31. The predicted molar refractivity (Wildman–Crippen MR) is 53.5 cm³/mol. The Kier molecular flexibility index (Phi) is 2.44. The molecule has 0 aliphatic heterocycles. The van der Waals surface area contributed by atoms with Crippen LogP contribution in [-0.2, 0) is 4.79 Å². The summed E-state index contributed by atoms with van der Waals surface area (Å²) in [5, 5.41) is 0. The molecular formula is C12H20O. The van der Waals surface area contributed by atoms with E-state index in [9.17, 15) is 4.79 Å². The van der Waals surface area contributed by atoms with Gasteiger partial charge in [0.25, 0.3) is 0 Å². The Morgan fingerprint density at radius 2 is 2.08 bits per heavy atom. The van der Waals surface area contributed by atoms with Crippen LogP contribution >= 0.6 is 0 Å². The second kappa shape index (κ2) is 3.43. The van der Waals surface area contributed by atoms with E-state index in [4.69, 9.17) is 0 Å². The summed E-state index contributed by atoms with van der Waals surface area (Å²) in [6.45, 7) is 2.10. The minimum absolute atomic E-state index is 0.507. The molecule has 0 amide bonds. The summed E-state index contributed by atoms with van der Waals surface area (Å²) in [5.41, 5.74) is 0.507. The Hall–Kier alpha value is -0.330. The summed E-state index contributed by atoms with van der Waals surface area (Å²) in [4.78, 5) is 11.5. The highest BCUT2D eigenvalue weighted by atomic mass is 16.1. The Morgan fingerprint density at radius 1 is 1.38 bits per heavy atom. The van der Waals surface area contributed by atoms with E-state index in [1.807, 2.05) is 0 Å². The van der Waals surface area contributed by atoms with E-state index in [0.29, 0.717) is 11.2 Å². The van der Waals surface area contributed by atoms with Crippen LogP contribution in [0.2, 0.25) is 0 Å². The quantitative estimate of drug-likeness (QED) is 0.612. The van der Waals surface area contributed by atoms with Crippen molar-refractivity contribution in [1.29, 1.82) is 0 Å². The van der Waals surface area contributed by atoms with Crippen molar-refractivity contribution in [2.45, 2.75) is 58.3 Å². The van der Waals surface area contributed by atoms with Gasteiger partial charge in [-0.3, -0.25) is 4.79 Å². The molecule has 13 heavy (non-hydrogen) atoms. The zero-order valence-corrected chi connectivity index (χ0v) is 8.64. The second-order valence-corrected chi connectivity index (χ2v) is 5.11. The van der Waals surface area contributed by atoms with Gasteiger partial charge in [-0.25, -0.2) is 0 Å². The molecule has 1 nitrogen and oxygen atoms in total. The molecule has 1 heteroatoms. The van der Waals surface area contributed by atoms with Gasteiger partial charge >= 0.3 is 0 Å². The normalized spacial score (nSPS) is 24.4. The third-order valence-electron chi connectivity index (χ3n) is 3.48. The highest BCUT2D eigenvalue weighted by molar-refractivity contribution is 5.79. The fourth-order valence-corrected chi connectivity index (χ4v) is 2.35. The topological polar surface area (TPSA) is 17.1 Å². The van der Waals surface area contributed by atoms with Crippen LogP contribution in [-0.4, -0.2) is 5.78 Å². The van der Waals surface area contributed by atoms with Gasteiger partial charge in [-0.2, -0.15) is 0 Å². The molecule has 2 aliphatic rings. The van der Waals surface area contributed by atoms with Gasteiger partial charge in [0, 0.05) is 12.8 Å². The summed E-state index contributed by atoms with van der Waals surface area (Å²) in [6, 6.07) is 0. The maximum atomic E-state index is 11.5. The Balaban J connectivity index is 1.75. The maximum Gasteiger partial charge on any atom is 0.133 e. The van der Waals surface area contributed by atoms with Crippen LogP contribution in [0, 0.1) is 11.3 Å². The first kappa shape index (κ1) is 9.23. The molecule has 2 saturated carbocycles. The Morgan fingerprint density at radius 3 is 2.54 bits per heavy atom. The van der Waals surface area contributed by atoms with E-state index in [1.165, 1.54) is 32.1 Å². The van der Waals surface area contributed by atoms with E-state index in [-0.39, 0.29) is 0 Å². The molecule has 0 aromatic carbocycles. The zero-order valence-electron chi connectivity index (χ0n) is 8.64. The van der Waals surface area contributed by atoms with Gasteiger partial charge in [-0.05, 0) is 37.0 Å². The summed E-state index contributed by atoms with van der Waals surface area (Å²) >= 11 is 0. The van der Waals surface area contributed by atoms with E-state index >= 15 is 0 Å². The summed E-state index contributed by atoms with van der Waals surface area (Å²) in [7, 11) is 0. The number of Topliss-reactive ketones (excluding diaryl/α,β-unsaturated/α-hetero) is 1. The standard InChI is InChI=1S/C12H20O/c1-2-3-11(13)9-12(6-7-12)8-10-4-5-10/h10H,2-9H2,1H3. The van der Waals surface area contributed by atoms with E-state index in [2.05, 4.69) is 6.92 Å². The van der Waals surface area contributed by atoms with Gasteiger partial charge in [0.15, 0.2) is 0 Å². The van der Waals surface area contributed by atoms with Crippen LogP contribution in [0.3, 0.4) is 0 Å². The summed E-state index contributed by atoms with van der Waals surface area (Å²) in [6.07, 6.45) is 9.63. The van der Waals surface area contributed by atoms with Crippen LogP contribution < -0.4 is 0 Å².